The molecule has 176 valence electrons. The molecule has 1 saturated carbocycles. The highest BCUT2D eigenvalue weighted by atomic mass is 35.5. The Kier molecular flexibility index (Phi) is 5.64. The summed E-state index contributed by atoms with van der Waals surface area (Å²) in [5.74, 6) is -0.594. The van der Waals surface area contributed by atoms with Crippen molar-refractivity contribution in [2.45, 2.75) is 69.2 Å². The molecule has 3 fully saturated rings. The van der Waals surface area contributed by atoms with Gasteiger partial charge >= 0.3 is 18.7 Å². The monoisotopic (exact) mass is 482 g/mol. The van der Waals surface area contributed by atoms with Crippen molar-refractivity contribution in [2.75, 3.05) is 0 Å². The zero-order chi connectivity index (χ0) is 23.3. The zero-order valence-electron chi connectivity index (χ0n) is 17.4. The normalized spacial score (nSPS) is 24.2. The number of fused-ring (bicyclic) bond motifs is 2. The summed E-state index contributed by atoms with van der Waals surface area (Å²) in [6, 6.07) is 3.86. The molecular weight excluding hydrogens is 462 g/mol. The molecule has 1 aromatic carbocycles. The van der Waals surface area contributed by atoms with E-state index in [1.54, 1.807) is 0 Å². The molecule has 3 aliphatic rings. The van der Waals surface area contributed by atoms with E-state index < -0.39 is 24.8 Å². The maximum atomic E-state index is 13.3. The lowest BCUT2D eigenvalue weighted by atomic mass is 9.99. The van der Waals surface area contributed by atoms with Crippen LogP contribution in [0.5, 0.6) is 5.75 Å². The number of hydrogen-bond acceptors (Lipinski definition) is 6. The van der Waals surface area contributed by atoms with Crippen LogP contribution in [0.25, 0.3) is 11.3 Å². The molecule has 1 N–H and O–H groups in total. The van der Waals surface area contributed by atoms with E-state index in [1.165, 1.54) is 23.1 Å². The van der Waals surface area contributed by atoms with Crippen LogP contribution in [0.1, 0.15) is 60.6 Å². The predicted molar refractivity (Wildman–Crippen MR) is 111 cm³/mol. The van der Waals surface area contributed by atoms with Crippen LogP contribution < -0.4 is 4.74 Å². The topological polar surface area (TPSA) is 102 Å². The van der Waals surface area contributed by atoms with Gasteiger partial charge in [-0.05, 0) is 37.8 Å². The lowest BCUT2D eigenvalue weighted by Crippen LogP contribution is -2.48. The minimum absolute atomic E-state index is 0.00547. The minimum Gasteiger partial charge on any atom is -0.465 e. The number of carboxylic acid groups (broad SMARTS) is 1. The number of amides is 1. The van der Waals surface area contributed by atoms with Crippen LogP contribution in [-0.2, 0) is 4.74 Å². The number of rotatable bonds is 6. The highest BCUT2D eigenvalue weighted by Gasteiger charge is 2.45. The van der Waals surface area contributed by atoms with Gasteiger partial charge in [-0.15, -0.1) is 0 Å². The molecule has 5 rings (SSSR count). The smallest absolute Gasteiger partial charge is 0.407 e. The Balaban J connectivity index is 1.46. The van der Waals surface area contributed by atoms with Gasteiger partial charge in [0.2, 0.25) is 0 Å². The Labute approximate surface area is 192 Å². The van der Waals surface area contributed by atoms with E-state index in [-0.39, 0.29) is 45.6 Å². The fourth-order valence-electron chi connectivity index (χ4n) is 4.97. The average Bonchev–Trinajstić information content (AvgIpc) is 3.43. The third kappa shape index (κ3) is 4.12. The van der Waals surface area contributed by atoms with Crippen LogP contribution in [0.15, 0.2) is 22.7 Å². The fraction of sp³-hybridized carbons (Fsp3) is 0.500. The minimum atomic E-state index is -3.10. The van der Waals surface area contributed by atoms with Crippen molar-refractivity contribution in [3.05, 3.63) is 34.5 Å². The van der Waals surface area contributed by atoms with Crippen LogP contribution in [0.2, 0.25) is 5.02 Å². The first kappa shape index (κ1) is 21.9. The summed E-state index contributed by atoms with van der Waals surface area (Å²) in [6.45, 7) is -3.10. The molecule has 8 nitrogen and oxygen atoms in total. The molecule has 0 unspecified atom stereocenters. The Hall–Kier alpha value is -2.88. The molecule has 11 heteroatoms. The van der Waals surface area contributed by atoms with Gasteiger partial charge in [-0.2, -0.15) is 8.78 Å². The van der Waals surface area contributed by atoms with E-state index in [1.807, 2.05) is 0 Å². The molecule has 1 aromatic heterocycles. The molecule has 3 atom stereocenters. The second-order valence-corrected chi connectivity index (χ2v) is 9.02. The third-order valence-corrected chi connectivity index (χ3v) is 6.80. The molecule has 1 aliphatic carbocycles. The van der Waals surface area contributed by atoms with Gasteiger partial charge in [-0.1, -0.05) is 22.8 Å². The van der Waals surface area contributed by atoms with Gasteiger partial charge < -0.3 is 24.0 Å². The molecule has 2 saturated heterocycles. The van der Waals surface area contributed by atoms with Crippen LogP contribution in [0.3, 0.4) is 0 Å². The van der Waals surface area contributed by atoms with Gasteiger partial charge in [0.1, 0.15) is 23.1 Å². The first-order chi connectivity index (χ1) is 15.8. The second kappa shape index (κ2) is 8.48. The number of hydrogen-bond donors (Lipinski definition) is 1. The molecule has 2 aliphatic heterocycles. The average molecular weight is 483 g/mol. The van der Waals surface area contributed by atoms with Gasteiger partial charge in [0, 0.05) is 30.8 Å². The Morgan fingerprint density at radius 2 is 1.88 bits per heavy atom. The quantitative estimate of drug-likeness (QED) is 0.557. The number of nitrogens with zero attached hydrogens (tertiary/aromatic N) is 2. The van der Waals surface area contributed by atoms with Gasteiger partial charge in [0.15, 0.2) is 5.76 Å². The largest absolute Gasteiger partial charge is 0.465 e. The molecule has 1 amide bonds. The van der Waals surface area contributed by atoms with Gasteiger partial charge in [0.25, 0.3) is 0 Å². The van der Waals surface area contributed by atoms with Crippen molar-refractivity contribution in [1.82, 2.24) is 10.1 Å². The predicted octanol–water partition coefficient (Wildman–Crippen LogP) is 5.30. The lowest BCUT2D eigenvalue weighted by molar-refractivity contribution is -0.0494. The summed E-state index contributed by atoms with van der Waals surface area (Å²) in [6.07, 6.45) is 2.44. The van der Waals surface area contributed by atoms with E-state index in [4.69, 9.17) is 20.9 Å². The highest BCUT2D eigenvalue weighted by Crippen LogP contribution is 2.47. The lowest BCUT2D eigenvalue weighted by Gasteiger charge is -2.36. The third-order valence-electron chi connectivity index (χ3n) is 6.48. The van der Waals surface area contributed by atoms with Crippen LogP contribution in [-0.4, -0.2) is 52.0 Å². The number of esters is 1. The van der Waals surface area contributed by atoms with Crippen LogP contribution in [0, 0.1) is 0 Å². The Bertz CT molecular complexity index is 1070. The maximum Gasteiger partial charge on any atom is 0.407 e. The molecule has 2 aromatic rings. The van der Waals surface area contributed by atoms with Gasteiger partial charge in [-0.3, -0.25) is 0 Å². The summed E-state index contributed by atoms with van der Waals surface area (Å²) in [4.78, 5) is 26.3. The Morgan fingerprint density at radius 1 is 1.18 bits per heavy atom. The zero-order valence-corrected chi connectivity index (χ0v) is 18.1. The van der Waals surface area contributed by atoms with Crippen molar-refractivity contribution in [1.29, 1.82) is 0 Å². The molecule has 2 bridgehead atoms. The van der Waals surface area contributed by atoms with Crippen LogP contribution in [0.4, 0.5) is 13.6 Å². The number of carbonyl (C=O) groups is 2. The van der Waals surface area contributed by atoms with Gasteiger partial charge in [0.05, 0.1) is 10.6 Å². The first-order valence-electron chi connectivity index (χ1n) is 10.8. The molecule has 0 spiro atoms. The maximum absolute atomic E-state index is 13.3. The molecular formula is C22H21ClF2N2O6. The first-order valence-corrected chi connectivity index (χ1v) is 11.2. The summed E-state index contributed by atoms with van der Waals surface area (Å²) < 4.78 is 41.8. The molecule has 33 heavy (non-hydrogen) atoms. The van der Waals surface area contributed by atoms with Crippen molar-refractivity contribution in [3.8, 4) is 17.0 Å². The number of carbonyl (C=O) groups excluding carboxylic acids is 1. The summed E-state index contributed by atoms with van der Waals surface area (Å²) in [5.41, 5.74) is 0.0784. The summed E-state index contributed by atoms with van der Waals surface area (Å²) in [5, 5.41) is 13.5. The second-order valence-electron chi connectivity index (χ2n) is 8.61. The van der Waals surface area contributed by atoms with Crippen molar-refractivity contribution >= 4 is 23.7 Å². The number of piperidine rings is 1. The summed E-state index contributed by atoms with van der Waals surface area (Å²) in [7, 11) is 0. The SMILES string of the molecule is O=C(O[C@@H]1C[C@H]2CC[C@@H](C1)N2C(=O)O)c1c(-c2c(Cl)cccc2OC(F)F)noc1C1CC1. The van der Waals surface area contributed by atoms with E-state index in [0.29, 0.717) is 18.6 Å². The fourth-order valence-corrected chi connectivity index (χ4v) is 5.22. The standard InChI is InChI=1S/C22H21ClF2N2O6/c23-14-2-1-3-15(32-21(24)25)16(14)18-17(19(33-26-18)10-4-5-10)20(28)31-13-8-11-6-7-12(9-13)27(11)22(29)30/h1-3,10-13,21H,4-9H2,(H,29,30)/t11-,12+,13-. The summed E-state index contributed by atoms with van der Waals surface area (Å²) >= 11 is 6.29. The van der Waals surface area contributed by atoms with Gasteiger partial charge in [-0.25, -0.2) is 9.59 Å². The van der Waals surface area contributed by atoms with Crippen molar-refractivity contribution in [2.24, 2.45) is 0 Å². The number of ether oxygens (including phenoxy) is 2. The highest BCUT2D eigenvalue weighted by molar-refractivity contribution is 6.33. The van der Waals surface area contributed by atoms with E-state index in [9.17, 15) is 23.5 Å². The Morgan fingerprint density at radius 3 is 2.48 bits per heavy atom. The van der Waals surface area contributed by atoms with E-state index in [0.717, 1.165) is 25.7 Å². The van der Waals surface area contributed by atoms with Crippen molar-refractivity contribution < 1.29 is 37.5 Å². The number of halogens is 3. The number of benzene rings is 1. The van der Waals surface area contributed by atoms with E-state index >= 15 is 0 Å². The number of alkyl halides is 2. The van der Waals surface area contributed by atoms with Crippen molar-refractivity contribution in [3.63, 3.8) is 0 Å². The van der Waals surface area contributed by atoms with E-state index in [2.05, 4.69) is 9.89 Å². The number of aromatic nitrogens is 1. The molecule has 3 heterocycles. The van der Waals surface area contributed by atoms with Crippen LogP contribution >= 0.6 is 11.6 Å². The molecule has 0 radical (unpaired) electrons.